The zero-order valence-corrected chi connectivity index (χ0v) is 21.0. The first kappa shape index (κ1) is 27.2. The highest BCUT2D eigenvalue weighted by molar-refractivity contribution is 6.11. The zero-order chi connectivity index (χ0) is 26.9. The van der Waals surface area contributed by atoms with Crippen LogP contribution in [0.3, 0.4) is 0 Å². The third kappa shape index (κ3) is 7.31. The second-order valence-corrected chi connectivity index (χ2v) is 8.37. The van der Waals surface area contributed by atoms with Gasteiger partial charge in [-0.2, -0.15) is 0 Å². The number of methoxy groups -OCH3 is 1. The minimum atomic E-state index is -0.953. The van der Waals surface area contributed by atoms with E-state index in [9.17, 15) is 19.2 Å². The number of fused-ring (bicyclic) bond motifs is 1. The number of rotatable bonds is 11. The lowest BCUT2D eigenvalue weighted by molar-refractivity contribution is -0.140. The Morgan fingerprint density at radius 2 is 1.97 bits per heavy atom. The predicted octanol–water partition coefficient (Wildman–Crippen LogP) is 2.69. The molecule has 2 aromatic carbocycles. The Balaban J connectivity index is 1.95. The van der Waals surface area contributed by atoms with Gasteiger partial charge >= 0.3 is 5.97 Å². The number of nitrogens with one attached hydrogen (secondary N) is 3. The largest absolute Gasteiger partial charge is 0.469 e. The van der Waals surface area contributed by atoms with Crippen LogP contribution in [0.25, 0.3) is 0 Å². The van der Waals surface area contributed by atoms with Crippen molar-refractivity contribution in [2.24, 2.45) is 0 Å². The lowest BCUT2D eigenvalue weighted by Gasteiger charge is -2.17. The number of benzene rings is 2. The Labute approximate surface area is 214 Å². The summed E-state index contributed by atoms with van der Waals surface area (Å²) in [7, 11) is 5.03. The van der Waals surface area contributed by atoms with Crippen molar-refractivity contribution in [1.29, 1.82) is 0 Å². The molecule has 0 aromatic heterocycles. The Bertz CT molecular complexity index is 1200. The minimum absolute atomic E-state index is 0.0478. The molecule has 0 fully saturated rings. The molecule has 2 aromatic rings. The van der Waals surface area contributed by atoms with E-state index >= 15 is 0 Å². The smallest absolute Gasteiger partial charge is 0.305 e. The van der Waals surface area contributed by atoms with Crippen molar-refractivity contribution >= 4 is 40.8 Å². The number of esters is 1. The summed E-state index contributed by atoms with van der Waals surface area (Å²) in [5.74, 6) is -1.35. The third-order valence-corrected chi connectivity index (χ3v) is 5.41. The van der Waals surface area contributed by atoms with E-state index in [-0.39, 0.29) is 48.7 Å². The first-order chi connectivity index (χ1) is 17.7. The highest BCUT2D eigenvalue weighted by Gasteiger charge is 2.30. The lowest BCUT2D eigenvalue weighted by atomic mass is 10.1. The molecule has 1 aliphatic heterocycles. The molecule has 3 rings (SSSR count). The Morgan fingerprint density at radius 3 is 2.68 bits per heavy atom. The van der Waals surface area contributed by atoms with Crippen LogP contribution in [0.15, 0.2) is 49.1 Å². The van der Waals surface area contributed by atoms with Crippen molar-refractivity contribution in [1.82, 2.24) is 5.32 Å². The van der Waals surface area contributed by atoms with Gasteiger partial charge in [0.05, 0.1) is 30.7 Å². The molecule has 1 atom stereocenters. The van der Waals surface area contributed by atoms with Crippen molar-refractivity contribution in [2.75, 3.05) is 50.0 Å². The van der Waals surface area contributed by atoms with Gasteiger partial charge in [0, 0.05) is 32.3 Å². The molecule has 0 saturated heterocycles. The number of amides is 3. The van der Waals surface area contributed by atoms with Gasteiger partial charge in [-0.1, -0.05) is 12.1 Å². The summed E-state index contributed by atoms with van der Waals surface area (Å²) in [6.07, 6.45) is 1.53. The third-order valence-electron chi connectivity index (χ3n) is 5.41. The van der Waals surface area contributed by atoms with Crippen LogP contribution in [0.1, 0.15) is 23.2 Å². The van der Waals surface area contributed by atoms with Gasteiger partial charge in [0.15, 0.2) is 5.75 Å². The summed E-state index contributed by atoms with van der Waals surface area (Å²) in [5.41, 5.74) is 1.42. The number of hydrogen-bond acceptors (Lipinski definition) is 8. The van der Waals surface area contributed by atoms with Crippen molar-refractivity contribution in [3.05, 3.63) is 54.6 Å². The van der Waals surface area contributed by atoms with Crippen LogP contribution < -0.4 is 25.6 Å². The summed E-state index contributed by atoms with van der Waals surface area (Å²) in [6.45, 7) is 3.50. The monoisotopic (exact) mass is 510 g/mol. The highest BCUT2D eigenvalue weighted by Crippen LogP contribution is 2.36. The van der Waals surface area contributed by atoms with E-state index in [1.807, 2.05) is 31.1 Å². The first-order valence-corrected chi connectivity index (χ1v) is 11.5. The maximum atomic E-state index is 13.0. The molecule has 1 heterocycles. The molecular weight excluding hydrogens is 480 g/mol. The number of nitrogens with zero attached hydrogens (tertiary/aromatic N) is 1. The molecule has 196 valence electrons. The molecule has 0 bridgehead atoms. The molecule has 0 aliphatic carbocycles. The van der Waals surface area contributed by atoms with E-state index in [0.717, 1.165) is 5.69 Å². The van der Waals surface area contributed by atoms with Crippen molar-refractivity contribution in [2.45, 2.75) is 18.9 Å². The van der Waals surface area contributed by atoms with E-state index < -0.39 is 29.7 Å². The van der Waals surface area contributed by atoms with Gasteiger partial charge in [-0.3, -0.25) is 19.2 Å². The molecule has 3 N–H and O–H groups in total. The Kier molecular flexibility index (Phi) is 9.22. The molecule has 11 nitrogen and oxygen atoms in total. The van der Waals surface area contributed by atoms with E-state index in [1.54, 1.807) is 12.1 Å². The number of ether oxygens (including phenoxy) is 3. The number of carbonyl (C=O) groups excluding carboxylic acids is 4. The molecule has 0 unspecified atom stereocenters. The molecule has 0 spiro atoms. The molecular formula is C26H30N4O7. The molecule has 11 heteroatoms. The number of carbonyl (C=O) groups is 4. The van der Waals surface area contributed by atoms with Crippen molar-refractivity contribution in [3.63, 3.8) is 0 Å². The summed E-state index contributed by atoms with van der Waals surface area (Å²) in [5, 5.41) is 8.04. The topological polar surface area (TPSA) is 135 Å². The molecule has 0 radical (unpaired) electrons. The summed E-state index contributed by atoms with van der Waals surface area (Å²) < 4.78 is 15.9. The van der Waals surface area contributed by atoms with Crippen LogP contribution in [0.2, 0.25) is 0 Å². The normalized spacial score (nSPS) is 14.4. The van der Waals surface area contributed by atoms with Crippen LogP contribution in [-0.2, 0) is 23.9 Å². The zero-order valence-electron chi connectivity index (χ0n) is 21.0. The van der Waals surface area contributed by atoms with Crippen LogP contribution >= 0.6 is 0 Å². The van der Waals surface area contributed by atoms with Gasteiger partial charge in [0.2, 0.25) is 11.8 Å². The van der Waals surface area contributed by atoms with E-state index in [0.29, 0.717) is 5.75 Å². The second-order valence-electron chi connectivity index (χ2n) is 8.37. The van der Waals surface area contributed by atoms with Gasteiger partial charge in [0.25, 0.3) is 5.91 Å². The quantitative estimate of drug-likeness (QED) is 0.239. The summed E-state index contributed by atoms with van der Waals surface area (Å²) in [6, 6.07) is 9.19. The van der Waals surface area contributed by atoms with E-state index in [4.69, 9.17) is 9.47 Å². The van der Waals surface area contributed by atoms with Gasteiger partial charge in [-0.05, 0) is 30.7 Å². The lowest BCUT2D eigenvalue weighted by Crippen LogP contribution is -2.41. The maximum absolute atomic E-state index is 13.0. The van der Waals surface area contributed by atoms with Crippen LogP contribution in [0, 0.1) is 0 Å². The van der Waals surface area contributed by atoms with Crippen LogP contribution in [-0.4, -0.2) is 64.2 Å². The van der Waals surface area contributed by atoms with E-state index in [1.165, 1.54) is 25.3 Å². The summed E-state index contributed by atoms with van der Waals surface area (Å²) in [4.78, 5) is 51.7. The fourth-order valence-electron chi connectivity index (χ4n) is 3.52. The van der Waals surface area contributed by atoms with Crippen molar-refractivity contribution < 1.29 is 33.4 Å². The highest BCUT2D eigenvalue weighted by atomic mass is 16.5. The molecule has 0 saturated carbocycles. The molecule has 3 amide bonds. The predicted molar refractivity (Wildman–Crippen MR) is 138 cm³/mol. The summed E-state index contributed by atoms with van der Waals surface area (Å²) >= 11 is 0. The number of anilines is 3. The van der Waals surface area contributed by atoms with Crippen LogP contribution in [0.4, 0.5) is 17.1 Å². The van der Waals surface area contributed by atoms with Crippen molar-refractivity contribution in [3.8, 4) is 11.5 Å². The average molecular weight is 511 g/mol. The molecule has 37 heavy (non-hydrogen) atoms. The van der Waals surface area contributed by atoms with Crippen LogP contribution in [0.5, 0.6) is 11.5 Å². The van der Waals surface area contributed by atoms with Gasteiger partial charge in [-0.15, -0.1) is 6.58 Å². The first-order valence-electron chi connectivity index (χ1n) is 11.5. The fraction of sp³-hybridized carbons (Fsp3) is 0.308. The SMILES string of the molecule is C=CCOCC(=O)Nc1cc2c(cc1Oc1cccc(N(C)C)c1)C(=O)N[C@H](CCC(=O)OC)C(=O)N2. The second kappa shape index (κ2) is 12.5. The minimum Gasteiger partial charge on any atom is -0.469 e. The standard InChI is InChI=1S/C26H30N4O7/c1-5-11-36-15-23(31)27-21-14-20-18(13-22(21)37-17-8-6-7-16(12-17)30(2)3)25(33)28-19(26(34)29-20)9-10-24(32)35-4/h5-8,12-14,19H,1,9-11,15H2,2-4H3,(H,27,31)(H,28,33)(H,29,34)/t19-/m1/s1. The molecule has 1 aliphatic rings. The van der Waals surface area contributed by atoms with Gasteiger partial charge < -0.3 is 35.1 Å². The van der Waals surface area contributed by atoms with E-state index in [2.05, 4.69) is 27.3 Å². The Hall–Kier alpha value is -4.38. The van der Waals surface area contributed by atoms with Gasteiger partial charge in [-0.25, -0.2) is 0 Å². The van der Waals surface area contributed by atoms with Gasteiger partial charge in [0.1, 0.15) is 18.4 Å². The Morgan fingerprint density at radius 1 is 1.19 bits per heavy atom. The number of hydrogen-bond donors (Lipinski definition) is 3. The average Bonchev–Trinajstić information content (AvgIpc) is 2.98. The maximum Gasteiger partial charge on any atom is 0.305 e. The fourth-order valence-corrected chi connectivity index (χ4v) is 3.52.